The Morgan fingerprint density at radius 2 is 1.93 bits per heavy atom. The van der Waals surface area contributed by atoms with E-state index >= 15 is 0 Å². The smallest absolute Gasteiger partial charge is 0.334 e. The van der Waals surface area contributed by atoms with Crippen molar-refractivity contribution in [3.63, 3.8) is 0 Å². The van der Waals surface area contributed by atoms with Crippen LogP contribution >= 0.6 is 0 Å². The Bertz CT molecular complexity index is 813. The SMILES string of the molecule is C=C1C(=O)OC2CC3=C[C@@H](C/C(C)=C/C(OC(=O)/C=C(\C)C(C)C)[C@H]12)OC3=O. The molecular formula is C22H26O6. The number of esters is 3. The highest BCUT2D eigenvalue weighted by Crippen LogP contribution is 2.38. The van der Waals surface area contributed by atoms with E-state index < -0.39 is 36.0 Å². The summed E-state index contributed by atoms with van der Waals surface area (Å²) in [7, 11) is 0. The molecule has 1 saturated heterocycles. The lowest BCUT2D eigenvalue weighted by atomic mass is 9.85. The summed E-state index contributed by atoms with van der Waals surface area (Å²) in [5.74, 6) is -1.73. The topological polar surface area (TPSA) is 78.9 Å². The number of allylic oxidation sites excluding steroid dienone is 1. The van der Waals surface area contributed by atoms with Crippen LogP contribution in [0.3, 0.4) is 0 Å². The van der Waals surface area contributed by atoms with Gasteiger partial charge in [0.05, 0.1) is 5.92 Å². The van der Waals surface area contributed by atoms with Gasteiger partial charge in [0.1, 0.15) is 18.3 Å². The molecule has 0 saturated carbocycles. The van der Waals surface area contributed by atoms with Gasteiger partial charge in [-0.1, -0.05) is 31.6 Å². The quantitative estimate of drug-likeness (QED) is 0.321. The summed E-state index contributed by atoms with van der Waals surface area (Å²) in [4.78, 5) is 36.8. The summed E-state index contributed by atoms with van der Waals surface area (Å²) in [6.07, 6.45) is 4.10. The highest BCUT2D eigenvalue weighted by atomic mass is 16.6. The number of carbonyl (C=O) groups is 3. The predicted molar refractivity (Wildman–Crippen MR) is 102 cm³/mol. The molecule has 0 radical (unpaired) electrons. The second-order valence-corrected chi connectivity index (χ2v) is 8.00. The monoisotopic (exact) mass is 386 g/mol. The number of hydrogen-bond acceptors (Lipinski definition) is 6. The molecule has 1 fully saturated rings. The molecule has 28 heavy (non-hydrogen) atoms. The average molecular weight is 386 g/mol. The minimum atomic E-state index is -0.708. The second kappa shape index (κ2) is 7.78. The average Bonchev–Trinajstić information content (AvgIpc) is 3.05. The zero-order valence-corrected chi connectivity index (χ0v) is 16.7. The van der Waals surface area contributed by atoms with E-state index in [1.165, 1.54) is 6.08 Å². The minimum Gasteiger partial charge on any atom is -0.458 e. The molecule has 4 atom stereocenters. The molecule has 0 amide bonds. The van der Waals surface area contributed by atoms with Gasteiger partial charge in [0.2, 0.25) is 0 Å². The Morgan fingerprint density at radius 3 is 2.61 bits per heavy atom. The van der Waals surface area contributed by atoms with E-state index in [0.717, 1.165) is 11.1 Å². The van der Waals surface area contributed by atoms with Gasteiger partial charge >= 0.3 is 17.9 Å². The van der Waals surface area contributed by atoms with Crippen molar-refractivity contribution in [2.24, 2.45) is 11.8 Å². The summed E-state index contributed by atoms with van der Waals surface area (Å²) in [6, 6.07) is 0. The number of hydrogen-bond donors (Lipinski definition) is 0. The maximum atomic E-state index is 12.5. The molecule has 6 heteroatoms. The summed E-state index contributed by atoms with van der Waals surface area (Å²) in [6.45, 7) is 11.6. The van der Waals surface area contributed by atoms with Crippen molar-refractivity contribution in [1.29, 1.82) is 0 Å². The molecule has 3 aliphatic rings. The highest BCUT2D eigenvalue weighted by molar-refractivity contribution is 5.93. The third-order valence-corrected chi connectivity index (χ3v) is 5.49. The van der Waals surface area contributed by atoms with Gasteiger partial charge in [-0.15, -0.1) is 0 Å². The van der Waals surface area contributed by atoms with Gasteiger partial charge in [0.15, 0.2) is 0 Å². The van der Waals surface area contributed by atoms with Crippen molar-refractivity contribution >= 4 is 17.9 Å². The molecule has 6 nitrogen and oxygen atoms in total. The molecular weight excluding hydrogens is 360 g/mol. The Morgan fingerprint density at radius 1 is 1.21 bits per heavy atom. The van der Waals surface area contributed by atoms with Crippen molar-refractivity contribution in [3.05, 3.63) is 47.1 Å². The highest BCUT2D eigenvalue weighted by Gasteiger charge is 2.46. The fraction of sp³-hybridized carbons (Fsp3) is 0.500. The van der Waals surface area contributed by atoms with E-state index in [1.54, 1.807) is 6.08 Å². The van der Waals surface area contributed by atoms with Crippen molar-refractivity contribution in [2.75, 3.05) is 0 Å². The molecule has 2 unspecified atom stereocenters. The molecule has 0 aromatic rings. The summed E-state index contributed by atoms with van der Waals surface area (Å²) in [5, 5.41) is 0. The number of ether oxygens (including phenoxy) is 3. The zero-order chi connectivity index (χ0) is 20.6. The molecule has 150 valence electrons. The van der Waals surface area contributed by atoms with E-state index in [-0.39, 0.29) is 24.0 Å². The van der Waals surface area contributed by atoms with Crippen molar-refractivity contribution in [3.8, 4) is 0 Å². The first-order chi connectivity index (χ1) is 13.2. The van der Waals surface area contributed by atoms with Crippen LogP contribution < -0.4 is 0 Å². The van der Waals surface area contributed by atoms with E-state index in [1.807, 2.05) is 33.8 Å². The first-order valence-corrected chi connectivity index (χ1v) is 9.53. The maximum absolute atomic E-state index is 12.5. The molecule has 0 aromatic heterocycles. The Kier molecular flexibility index (Phi) is 5.59. The van der Waals surface area contributed by atoms with Gasteiger partial charge in [-0.25, -0.2) is 14.4 Å². The standard InChI is InChI=1S/C22H26O6/c1-11(2)13(4)8-19(23)27-17-7-12(3)6-16-9-15(22(25)26-16)10-18-20(17)14(5)21(24)28-18/h7-9,11,16-18,20H,5-6,10H2,1-4H3/b12-7+,13-8+/t16-,17?,18?,20+/m1/s1. The lowest BCUT2D eigenvalue weighted by molar-refractivity contribution is -0.145. The van der Waals surface area contributed by atoms with Crippen molar-refractivity contribution in [2.45, 2.75) is 58.8 Å². The van der Waals surface area contributed by atoms with Crippen molar-refractivity contribution < 1.29 is 28.6 Å². The normalized spacial score (nSPS) is 32.2. The van der Waals surface area contributed by atoms with Crippen LogP contribution in [0.2, 0.25) is 0 Å². The fourth-order valence-electron chi connectivity index (χ4n) is 3.63. The Balaban J connectivity index is 1.94. The molecule has 0 N–H and O–H groups in total. The second-order valence-electron chi connectivity index (χ2n) is 8.00. The van der Waals surface area contributed by atoms with Gasteiger partial charge in [-0.2, -0.15) is 0 Å². The van der Waals surface area contributed by atoms with Crippen LogP contribution in [-0.2, 0) is 28.6 Å². The van der Waals surface area contributed by atoms with E-state index in [4.69, 9.17) is 14.2 Å². The molecule has 1 aliphatic carbocycles. The van der Waals surface area contributed by atoms with Crippen molar-refractivity contribution in [1.82, 2.24) is 0 Å². The Hall–Kier alpha value is -2.63. The minimum absolute atomic E-state index is 0.215. The first-order valence-electron chi connectivity index (χ1n) is 9.53. The van der Waals surface area contributed by atoms with Crippen LogP contribution in [0.5, 0.6) is 0 Å². The van der Waals surface area contributed by atoms with Gasteiger partial charge in [0.25, 0.3) is 0 Å². The lowest BCUT2D eigenvalue weighted by Crippen LogP contribution is -2.33. The van der Waals surface area contributed by atoms with Crippen LogP contribution in [0.25, 0.3) is 0 Å². The van der Waals surface area contributed by atoms with Crippen LogP contribution in [0.4, 0.5) is 0 Å². The third kappa shape index (κ3) is 4.11. The maximum Gasteiger partial charge on any atom is 0.334 e. The number of fused-ring (bicyclic) bond motifs is 2. The van der Waals surface area contributed by atoms with E-state index in [0.29, 0.717) is 12.0 Å². The van der Waals surface area contributed by atoms with Gasteiger partial charge < -0.3 is 14.2 Å². The Labute approximate surface area is 164 Å². The van der Waals surface area contributed by atoms with E-state index in [9.17, 15) is 14.4 Å². The van der Waals surface area contributed by atoms with Crippen LogP contribution in [0.15, 0.2) is 47.1 Å². The van der Waals surface area contributed by atoms with Gasteiger partial charge in [-0.3, -0.25) is 0 Å². The summed E-state index contributed by atoms with van der Waals surface area (Å²) >= 11 is 0. The third-order valence-electron chi connectivity index (χ3n) is 5.49. The summed E-state index contributed by atoms with van der Waals surface area (Å²) < 4.78 is 16.6. The summed E-state index contributed by atoms with van der Waals surface area (Å²) in [5.41, 5.74) is 2.53. The van der Waals surface area contributed by atoms with E-state index in [2.05, 4.69) is 6.58 Å². The molecule has 2 aliphatic heterocycles. The zero-order valence-electron chi connectivity index (χ0n) is 16.7. The molecule has 0 aromatic carbocycles. The van der Waals surface area contributed by atoms with Gasteiger partial charge in [-0.05, 0) is 31.9 Å². The number of rotatable bonds is 3. The predicted octanol–water partition coefficient (Wildman–Crippen LogP) is 3.19. The fourth-order valence-corrected chi connectivity index (χ4v) is 3.63. The molecule has 0 spiro atoms. The van der Waals surface area contributed by atoms with Gasteiger partial charge in [0, 0.05) is 30.1 Å². The molecule has 3 rings (SSSR count). The first kappa shape index (κ1) is 20.1. The molecule has 2 bridgehead atoms. The van der Waals surface area contributed by atoms with Crippen LogP contribution in [-0.4, -0.2) is 36.2 Å². The molecule has 2 heterocycles. The number of carbonyl (C=O) groups excluding carboxylic acids is 3. The van der Waals surface area contributed by atoms with Crippen LogP contribution in [0.1, 0.15) is 40.5 Å². The largest absolute Gasteiger partial charge is 0.458 e. The van der Waals surface area contributed by atoms with Crippen LogP contribution in [0, 0.1) is 11.8 Å². The lowest BCUT2D eigenvalue weighted by Gasteiger charge is -2.25.